The highest BCUT2D eigenvalue weighted by Gasteiger charge is 2.48. The van der Waals surface area contributed by atoms with E-state index in [-0.39, 0.29) is 10.8 Å². The van der Waals surface area contributed by atoms with E-state index in [2.05, 4.69) is 101 Å². The minimum atomic E-state index is 0.0374. The lowest BCUT2D eigenvalue weighted by atomic mass is 9.72. The Morgan fingerprint density at radius 1 is 0.582 bits per heavy atom. The summed E-state index contributed by atoms with van der Waals surface area (Å²) in [5, 5.41) is 4.02. The molecule has 0 aliphatic heterocycles. The second-order valence-corrected chi connectivity index (χ2v) is 20.9. The fourth-order valence-corrected chi connectivity index (χ4v) is 16.4. The summed E-state index contributed by atoms with van der Waals surface area (Å²) in [7, 11) is 0. The van der Waals surface area contributed by atoms with Gasteiger partial charge in [0.1, 0.15) is 0 Å². The quantitative estimate of drug-likeness (QED) is 0.0836. The third-order valence-electron chi connectivity index (χ3n) is 13.9. The molecule has 5 aromatic heterocycles. The molecule has 0 spiro atoms. The molecule has 290 valence electrons. The summed E-state index contributed by atoms with van der Waals surface area (Å²) in [4.78, 5) is 4.47. The summed E-state index contributed by atoms with van der Waals surface area (Å²) >= 11 is 8.02. The summed E-state index contributed by atoms with van der Waals surface area (Å²) in [5.41, 5.74) is 12.4. The van der Waals surface area contributed by atoms with Crippen LogP contribution in [-0.2, 0) is 17.4 Å². The van der Waals surface area contributed by atoms with Gasteiger partial charge < -0.3 is 9.30 Å². The van der Waals surface area contributed by atoms with Gasteiger partial charge in [-0.05, 0) is 79.5 Å². The lowest BCUT2D eigenvalue weighted by Gasteiger charge is -2.30. The Labute approximate surface area is 344 Å². The van der Waals surface area contributed by atoms with Crippen LogP contribution in [-0.4, -0.2) is 11.2 Å². The molecule has 0 N–H and O–H groups in total. The number of ether oxygens (including phenoxy) is 1. The highest BCUT2D eigenvalue weighted by atomic mass is 32.1. The predicted octanol–water partition coefficient (Wildman–Crippen LogP) is 17.1. The highest BCUT2D eigenvalue weighted by molar-refractivity contribution is 7.31. The molecule has 6 heteroatoms. The molecule has 0 saturated heterocycles. The third-order valence-corrected chi connectivity index (χ3v) is 18.7. The first kappa shape index (κ1) is 37.9. The molecule has 2 aliphatic rings. The molecule has 0 fully saturated rings. The van der Waals surface area contributed by atoms with Gasteiger partial charge in [-0.25, -0.2) is 0 Å². The van der Waals surface area contributed by atoms with Gasteiger partial charge in [0.2, 0.25) is 0 Å². The molecule has 2 aromatic carbocycles. The summed E-state index contributed by atoms with van der Waals surface area (Å²) < 4.78 is 15.0. The number of thiophene rings is 4. The molecule has 9 rings (SSSR count). The number of hydrogen-bond acceptors (Lipinski definition) is 5. The molecule has 0 radical (unpaired) electrons. The minimum Gasteiger partial charge on any atom is -0.484 e. The maximum Gasteiger partial charge on any atom is 0.175 e. The van der Waals surface area contributed by atoms with Gasteiger partial charge in [-0.3, -0.25) is 0 Å². The van der Waals surface area contributed by atoms with E-state index >= 15 is 0 Å². The van der Waals surface area contributed by atoms with E-state index in [9.17, 15) is 0 Å². The molecule has 0 saturated carbocycles. The number of aryl methyl sites for hydroxylation is 2. The smallest absolute Gasteiger partial charge is 0.175 e. The number of rotatable bonds is 17. The van der Waals surface area contributed by atoms with E-state index in [0.29, 0.717) is 0 Å². The second-order valence-electron chi connectivity index (χ2n) is 16.5. The Morgan fingerprint density at radius 3 is 1.76 bits per heavy atom. The van der Waals surface area contributed by atoms with Crippen LogP contribution in [0.1, 0.15) is 159 Å². The van der Waals surface area contributed by atoms with Crippen LogP contribution in [0.15, 0.2) is 36.4 Å². The molecule has 2 aliphatic carbocycles. The van der Waals surface area contributed by atoms with Crippen LogP contribution in [0.25, 0.3) is 61.5 Å². The number of nitrogens with zero attached hydrogens (tertiary/aromatic N) is 1. The Hall–Kier alpha value is -2.64. The van der Waals surface area contributed by atoms with E-state index in [1.54, 1.807) is 22.3 Å². The zero-order valence-corrected chi connectivity index (χ0v) is 37.5. The Balaban J connectivity index is 1.08. The van der Waals surface area contributed by atoms with Crippen molar-refractivity contribution in [3.8, 4) is 25.9 Å². The van der Waals surface area contributed by atoms with E-state index in [1.165, 1.54) is 124 Å². The van der Waals surface area contributed by atoms with Crippen LogP contribution >= 0.6 is 45.3 Å². The first-order chi connectivity index (χ1) is 26.9. The van der Waals surface area contributed by atoms with Crippen LogP contribution in [0.4, 0.5) is 0 Å². The molecule has 0 bridgehead atoms. The zero-order chi connectivity index (χ0) is 38.1. The minimum absolute atomic E-state index is 0.0374. The van der Waals surface area contributed by atoms with Crippen molar-refractivity contribution in [3.05, 3.63) is 63.5 Å². The molecule has 7 aromatic rings. The van der Waals surface area contributed by atoms with E-state index < -0.39 is 0 Å². The van der Waals surface area contributed by atoms with Gasteiger partial charge in [-0.1, -0.05) is 128 Å². The number of hydrogen-bond donors (Lipinski definition) is 0. The van der Waals surface area contributed by atoms with Crippen molar-refractivity contribution >= 4 is 86.0 Å². The van der Waals surface area contributed by atoms with Crippen LogP contribution in [0.3, 0.4) is 0 Å². The van der Waals surface area contributed by atoms with Gasteiger partial charge in [0, 0.05) is 59.5 Å². The lowest BCUT2D eigenvalue weighted by Crippen LogP contribution is -2.23. The molecule has 0 atom stereocenters. The predicted molar refractivity (Wildman–Crippen MR) is 247 cm³/mol. The average molecular weight is 806 g/mol. The molecule has 0 amide bonds. The zero-order valence-electron chi connectivity index (χ0n) is 34.3. The van der Waals surface area contributed by atoms with Crippen LogP contribution < -0.4 is 4.74 Å². The van der Waals surface area contributed by atoms with Crippen molar-refractivity contribution in [2.24, 2.45) is 0 Å². The van der Waals surface area contributed by atoms with Crippen molar-refractivity contribution in [1.82, 2.24) is 4.57 Å². The molecular weight excluding hydrogens is 747 g/mol. The van der Waals surface area contributed by atoms with Gasteiger partial charge in [0.25, 0.3) is 0 Å². The summed E-state index contributed by atoms with van der Waals surface area (Å²) in [6.45, 7) is 18.5. The number of benzene rings is 2. The lowest BCUT2D eigenvalue weighted by molar-refractivity contribution is 0.313. The number of aromatic nitrogens is 1. The van der Waals surface area contributed by atoms with Gasteiger partial charge in [0.05, 0.1) is 31.7 Å². The number of unbranched alkanes of at least 4 members (excludes halogenated alkanes) is 9. The maximum atomic E-state index is 6.48. The van der Waals surface area contributed by atoms with Gasteiger partial charge in [-0.2, -0.15) is 0 Å². The van der Waals surface area contributed by atoms with E-state index in [1.807, 2.05) is 34.0 Å². The first-order valence-corrected chi connectivity index (χ1v) is 25.0. The van der Waals surface area contributed by atoms with E-state index in [0.717, 1.165) is 50.3 Å². The van der Waals surface area contributed by atoms with Crippen molar-refractivity contribution in [2.75, 3.05) is 6.61 Å². The molecular formula is C49H59NOS4. The molecule has 2 nitrogen and oxygen atoms in total. The van der Waals surface area contributed by atoms with Crippen LogP contribution in [0.2, 0.25) is 0 Å². The van der Waals surface area contributed by atoms with Gasteiger partial charge in [0.15, 0.2) is 5.06 Å². The standard InChI is InChI=1S/C49H59NOS4/c1-8-14-15-16-17-18-19-20-21-22-27-51-37-29-36-44(54-37)41-46(53-36)39-32-23-25-33-38(31(32)24-26-34(39)49(41,11-4)12-5)45-40(48(33,9-2)10-3)42-47(55-45)43-35(50(42)13-6)28-30(7)52-43/h23-26,28-29H,8-22,27H2,1-7H3. The maximum absolute atomic E-state index is 6.48. The first-order valence-electron chi connectivity index (χ1n) is 21.8. The van der Waals surface area contributed by atoms with Crippen molar-refractivity contribution in [3.63, 3.8) is 0 Å². The fraction of sp³-hybridized carbons (Fsp3) is 0.510. The fourth-order valence-electron chi connectivity index (χ4n) is 11.0. The third kappa shape index (κ3) is 5.53. The van der Waals surface area contributed by atoms with E-state index in [4.69, 9.17) is 4.74 Å². The Morgan fingerprint density at radius 2 is 1.16 bits per heavy atom. The van der Waals surface area contributed by atoms with Crippen molar-refractivity contribution in [1.29, 1.82) is 0 Å². The topological polar surface area (TPSA) is 14.2 Å². The largest absolute Gasteiger partial charge is 0.484 e. The Kier molecular flexibility index (Phi) is 10.3. The molecule has 0 unspecified atom stereocenters. The normalized spacial score (nSPS) is 15.2. The molecule has 5 heterocycles. The second kappa shape index (κ2) is 14.9. The van der Waals surface area contributed by atoms with Crippen LogP contribution in [0, 0.1) is 6.92 Å². The Bertz CT molecular complexity index is 2520. The summed E-state index contributed by atoms with van der Waals surface area (Å²) in [6, 6.07) is 15.0. The summed E-state index contributed by atoms with van der Waals surface area (Å²) in [6.07, 6.45) is 18.0. The van der Waals surface area contributed by atoms with Gasteiger partial charge >= 0.3 is 0 Å². The monoisotopic (exact) mass is 805 g/mol. The molecule has 55 heavy (non-hydrogen) atoms. The number of fused-ring (bicyclic) bond motifs is 15. The van der Waals surface area contributed by atoms with Crippen molar-refractivity contribution in [2.45, 2.75) is 156 Å². The van der Waals surface area contributed by atoms with Gasteiger partial charge in [-0.15, -0.1) is 34.0 Å². The SMILES string of the molecule is CCCCCCCCCCCCOc1cc2sc3c(c2s1)C(CC)(CC)c1ccc2c4c(ccc2c1-3)C(CC)(CC)c1c-4sc2c3sc(C)cc3n(CC)c12. The summed E-state index contributed by atoms with van der Waals surface area (Å²) in [5.74, 6) is 0. The van der Waals surface area contributed by atoms with Crippen LogP contribution in [0.5, 0.6) is 5.06 Å². The van der Waals surface area contributed by atoms with Crippen molar-refractivity contribution < 1.29 is 4.74 Å². The average Bonchev–Trinajstić information content (AvgIpc) is 4.05. The highest BCUT2D eigenvalue weighted by Crippen LogP contribution is 2.65.